The number of carbonyl (C=O) groups is 1. The zero-order valence-corrected chi connectivity index (χ0v) is 19.1. The molecule has 0 saturated heterocycles. The van der Waals surface area contributed by atoms with Gasteiger partial charge >= 0.3 is 0 Å². The van der Waals surface area contributed by atoms with E-state index >= 15 is 0 Å². The average Bonchev–Trinajstić information content (AvgIpc) is 2.80. The van der Waals surface area contributed by atoms with Crippen molar-refractivity contribution in [1.82, 2.24) is 4.90 Å². The molecule has 0 amide bonds. The van der Waals surface area contributed by atoms with Gasteiger partial charge in [-0.3, -0.25) is 4.79 Å². The highest BCUT2D eigenvalue weighted by atomic mass is 16.5. The van der Waals surface area contributed by atoms with Crippen molar-refractivity contribution >= 4 is 23.7 Å². The van der Waals surface area contributed by atoms with Crippen LogP contribution in [0.5, 0.6) is 11.5 Å². The second kappa shape index (κ2) is 13.7. The van der Waals surface area contributed by atoms with Crippen LogP contribution in [0.4, 0.5) is 11.4 Å². The number of rotatable bonds is 9. The second-order valence-electron chi connectivity index (χ2n) is 7.51. The monoisotopic (exact) mass is 431 g/mol. The van der Waals surface area contributed by atoms with Crippen molar-refractivity contribution in [3.63, 3.8) is 0 Å². The lowest BCUT2D eigenvalue weighted by molar-refractivity contribution is -0.104. The van der Waals surface area contributed by atoms with Crippen LogP contribution in [0.1, 0.15) is 18.9 Å². The molecule has 0 radical (unpaired) electrons. The summed E-state index contributed by atoms with van der Waals surface area (Å²) in [6.07, 6.45) is 5.10. The number of nitrogens with two attached hydrogens (primary N) is 1. The predicted octanol–water partition coefficient (Wildman–Crippen LogP) is 5.71. The summed E-state index contributed by atoms with van der Waals surface area (Å²) in [4.78, 5) is 12.5. The minimum Gasteiger partial charge on any atom is -0.457 e. The highest BCUT2D eigenvalue weighted by Crippen LogP contribution is 2.22. The van der Waals surface area contributed by atoms with Crippen LogP contribution in [0, 0.1) is 0 Å². The van der Waals surface area contributed by atoms with Crippen LogP contribution in [-0.2, 0) is 4.79 Å². The number of carbonyl (C=O) groups excluding carboxylic acids is 1. The Morgan fingerprint density at radius 1 is 0.969 bits per heavy atom. The van der Waals surface area contributed by atoms with Gasteiger partial charge in [-0.15, -0.1) is 0 Å². The molecule has 3 aromatic carbocycles. The van der Waals surface area contributed by atoms with Crippen molar-refractivity contribution in [2.24, 2.45) is 0 Å². The van der Waals surface area contributed by atoms with E-state index in [-0.39, 0.29) is 0 Å². The molecule has 1 unspecified atom stereocenters. The van der Waals surface area contributed by atoms with Gasteiger partial charge in [0.05, 0.1) is 0 Å². The number of nitrogens with zero attached hydrogens (tertiary/aromatic N) is 1. The average molecular weight is 432 g/mol. The first-order valence-corrected chi connectivity index (χ1v) is 10.7. The molecular formula is C27H33N3O2. The van der Waals surface area contributed by atoms with Gasteiger partial charge in [0.2, 0.25) is 0 Å². The van der Waals surface area contributed by atoms with Crippen LogP contribution in [0.2, 0.25) is 0 Å². The topological polar surface area (TPSA) is 67.6 Å². The SMILES string of the molecule is CCC(CNc1ccc(N)cc1)N(C)C.O=C/C=C/c1cccc(Oc2ccccc2)c1. The van der Waals surface area contributed by atoms with Crippen molar-refractivity contribution in [3.05, 3.63) is 90.5 Å². The summed E-state index contributed by atoms with van der Waals surface area (Å²) in [6.45, 7) is 3.17. The molecule has 0 saturated carbocycles. The number of allylic oxidation sites excluding steroid dienone is 1. The highest BCUT2D eigenvalue weighted by Gasteiger charge is 2.07. The zero-order chi connectivity index (χ0) is 23.2. The Kier molecular flexibility index (Phi) is 10.6. The summed E-state index contributed by atoms with van der Waals surface area (Å²) in [5.74, 6) is 1.55. The smallest absolute Gasteiger partial charge is 0.142 e. The summed E-state index contributed by atoms with van der Waals surface area (Å²) in [7, 11) is 4.22. The first-order chi connectivity index (χ1) is 15.5. The number of ether oxygens (including phenoxy) is 1. The van der Waals surface area contributed by atoms with Crippen molar-refractivity contribution in [3.8, 4) is 11.5 Å². The van der Waals surface area contributed by atoms with E-state index in [1.165, 1.54) is 6.08 Å². The molecule has 168 valence electrons. The third kappa shape index (κ3) is 9.06. The number of likely N-dealkylation sites (N-methyl/N-ethyl adjacent to an activating group) is 1. The summed E-state index contributed by atoms with van der Waals surface area (Å²) >= 11 is 0. The molecule has 0 aliphatic carbocycles. The minimum absolute atomic E-state index is 0.572. The summed E-state index contributed by atoms with van der Waals surface area (Å²) in [5, 5.41) is 3.41. The number of hydrogen-bond donors (Lipinski definition) is 2. The Balaban J connectivity index is 0.000000229. The highest BCUT2D eigenvalue weighted by molar-refractivity contribution is 5.74. The molecule has 3 rings (SSSR count). The molecule has 0 aliphatic heterocycles. The lowest BCUT2D eigenvalue weighted by Crippen LogP contribution is -2.33. The summed E-state index contributed by atoms with van der Waals surface area (Å²) in [5.41, 5.74) is 8.49. The van der Waals surface area contributed by atoms with Crippen LogP contribution in [-0.4, -0.2) is 37.9 Å². The van der Waals surface area contributed by atoms with E-state index in [4.69, 9.17) is 10.5 Å². The fourth-order valence-corrected chi connectivity index (χ4v) is 2.99. The summed E-state index contributed by atoms with van der Waals surface area (Å²) < 4.78 is 5.68. The van der Waals surface area contributed by atoms with Gasteiger partial charge in [0.15, 0.2) is 0 Å². The molecule has 0 spiro atoms. The van der Waals surface area contributed by atoms with Gasteiger partial charge in [-0.2, -0.15) is 0 Å². The lowest BCUT2D eigenvalue weighted by atomic mass is 10.2. The molecule has 5 nitrogen and oxygen atoms in total. The largest absolute Gasteiger partial charge is 0.457 e. The molecule has 5 heteroatoms. The minimum atomic E-state index is 0.572. The van der Waals surface area contributed by atoms with Crippen molar-refractivity contribution in [2.75, 3.05) is 31.7 Å². The molecule has 0 aliphatic rings. The van der Waals surface area contributed by atoms with E-state index in [2.05, 4.69) is 31.2 Å². The van der Waals surface area contributed by atoms with Crippen LogP contribution < -0.4 is 15.8 Å². The second-order valence-corrected chi connectivity index (χ2v) is 7.51. The van der Waals surface area contributed by atoms with Gasteiger partial charge in [-0.25, -0.2) is 0 Å². The maximum absolute atomic E-state index is 10.2. The standard InChI is InChI=1S/C15H12O2.C12H21N3/c16-11-5-7-13-6-4-10-15(12-13)17-14-8-2-1-3-9-14;1-4-12(15(2)3)9-14-11-7-5-10(13)6-8-11/h1-12H;5-8,12,14H,4,9,13H2,1-3H3/b7-5+;. The molecular weight excluding hydrogens is 398 g/mol. The maximum Gasteiger partial charge on any atom is 0.142 e. The van der Waals surface area contributed by atoms with E-state index < -0.39 is 0 Å². The van der Waals surface area contributed by atoms with Crippen molar-refractivity contribution < 1.29 is 9.53 Å². The molecule has 3 aromatic rings. The number of benzene rings is 3. The Hall–Kier alpha value is -3.57. The van der Waals surface area contributed by atoms with Crippen LogP contribution in [0.25, 0.3) is 6.08 Å². The zero-order valence-electron chi connectivity index (χ0n) is 19.1. The van der Waals surface area contributed by atoms with E-state index in [1.807, 2.05) is 78.9 Å². The van der Waals surface area contributed by atoms with Gasteiger partial charge in [0, 0.05) is 24.0 Å². The molecule has 1 atom stereocenters. The first-order valence-electron chi connectivity index (χ1n) is 10.7. The number of anilines is 2. The Bertz CT molecular complexity index is 954. The van der Waals surface area contributed by atoms with Crippen LogP contribution in [0.3, 0.4) is 0 Å². The van der Waals surface area contributed by atoms with Crippen molar-refractivity contribution in [2.45, 2.75) is 19.4 Å². The van der Waals surface area contributed by atoms with Gasteiger partial charge in [-0.05, 0) is 80.7 Å². The van der Waals surface area contributed by atoms with Gasteiger partial charge < -0.3 is 20.7 Å². The van der Waals surface area contributed by atoms with Crippen LogP contribution >= 0.6 is 0 Å². The van der Waals surface area contributed by atoms with Crippen molar-refractivity contribution in [1.29, 1.82) is 0 Å². The van der Waals surface area contributed by atoms with E-state index in [1.54, 1.807) is 6.08 Å². The normalized spacial score (nSPS) is 11.5. The first kappa shape index (κ1) is 24.7. The van der Waals surface area contributed by atoms with Gasteiger partial charge in [0.1, 0.15) is 17.8 Å². The lowest BCUT2D eigenvalue weighted by Gasteiger charge is -2.23. The summed E-state index contributed by atoms with van der Waals surface area (Å²) in [6, 6.07) is 25.6. The Labute approximate surface area is 191 Å². The van der Waals surface area contributed by atoms with Crippen LogP contribution in [0.15, 0.2) is 84.9 Å². The number of para-hydroxylation sites is 1. The third-order valence-electron chi connectivity index (χ3n) is 4.86. The van der Waals surface area contributed by atoms with Gasteiger partial charge in [0.25, 0.3) is 0 Å². The molecule has 0 heterocycles. The molecule has 0 bridgehead atoms. The van der Waals surface area contributed by atoms with E-state index in [0.29, 0.717) is 6.04 Å². The maximum atomic E-state index is 10.2. The fraction of sp³-hybridized carbons (Fsp3) is 0.222. The predicted molar refractivity (Wildman–Crippen MR) is 135 cm³/mol. The van der Waals surface area contributed by atoms with E-state index in [0.717, 1.165) is 47.7 Å². The molecule has 3 N–H and O–H groups in total. The Morgan fingerprint density at radius 2 is 1.66 bits per heavy atom. The molecule has 32 heavy (non-hydrogen) atoms. The van der Waals surface area contributed by atoms with E-state index in [9.17, 15) is 4.79 Å². The molecule has 0 aromatic heterocycles. The number of nitrogen functional groups attached to an aromatic ring is 1. The fourth-order valence-electron chi connectivity index (χ4n) is 2.99. The number of nitrogens with one attached hydrogen (secondary N) is 1. The quantitative estimate of drug-likeness (QED) is 0.258. The van der Waals surface area contributed by atoms with Gasteiger partial charge in [-0.1, -0.05) is 43.3 Å². The number of hydrogen-bond acceptors (Lipinski definition) is 5. The number of aldehydes is 1. The molecule has 0 fully saturated rings. The Morgan fingerprint density at radius 3 is 2.28 bits per heavy atom. The third-order valence-corrected chi connectivity index (χ3v) is 4.86.